The number of aromatic nitrogens is 2. The zero-order valence-electron chi connectivity index (χ0n) is 13.1. The van der Waals surface area contributed by atoms with Crippen LogP contribution in [0.1, 0.15) is 11.6 Å². The lowest BCUT2D eigenvalue weighted by atomic mass is 10.1. The quantitative estimate of drug-likeness (QED) is 0.805. The average Bonchev–Trinajstić information content (AvgIpc) is 2.56. The highest BCUT2D eigenvalue weighted by Crippen LogP contribution is 2.24. The molecule has 1 atom stereocenters. The molecule has 2 heterocycles. The first-order valence-electron chi connectivity index (χ1n) is 7.38. The molecule has 0 spiro atoms. The van der Waals surface area contributed by atoms with E-state index in [0.717, 1.165) is 16.5 Å². The van der Waals surface area contributed by atoms with Crippen molar-refractivity contribution in [1.29, 1.82) is 0 Å². The Morgan fingerprint density at radius 1 is 1.09 bits per heavy atom. The Kier molecular flexibility index (Phi) is 4.30. The maximum Gasteiger partial charge on any atom is 0.246 e. The van der Waals surface area contributed by atoms with Crippen LogP contribution in [0.4, 0.5) is 5.69 Å². The summed E-state index contributed by atoms with van der Waals surface area (Å²) in [4.78, 5) is 23.1. The third-order valence-corrected chi connectivity index (χ3v) is 3.66. The van der Waals surface area contributed by atoms with Gasteiger partial charge in [-0.2, -0.15) is 0 Å². The summed E-state index contributed by atoms with van der Waals surface area (Å²) in [6.07, 6.45) is 5.14. The Labute approximate surface area is 135 Å². The van der Waals surface area contributed by atoms with E-state index in [1.165, 1.54) is 0 Å². The number of rotatable bonds is 4. The van der Waals surface area contributed by atoms with Crippen LogP contribution < -0.4 is 5.32 Å². The predicted molar refractivity (Wildman–Crippen MR) is 91.0 cm³/mol. The number of hydrogen-bond donors (Lipinski definition) is 1. The Morgan fingerprint density at radius 3 is 2.61 bits per heavy atom. The van der Waals surface area contributed by atoms with Gasteiger partial charge in [-0.1, -0.05) is 24.3 Å². The number of benzene rings is 1. The van der Waals surface area contributed by atoms with Gasteiger partial charge in [0.1, 0.15) is 6.04 Å². The van der Waals surface area contributed by atoms with Crippen LogP contribution in [0.25, 0.3) is 10.9 Å². The molecule has 3 rings (SSSR count). The molecule has 23 heavy (non-hydrogen) atoms. The maximum atomic E-state index is 12.8. The lowest BCUT2D eigenvalue weighted by Gasteiger charge is -2.23. The highest BCUT2D eigenvalue weighted by Gasteiger charge is 2.23. The van der Waals surface area contributed by atoms with E-state index in [9.17, 15) is 4.79 Å². The molecule has 5 nitrogen and oxygen atoms in total. The fraction of sp³-hybridized carbons (Fsp3) is 0.167. The number of likely N-dealkylation sites (N-methyl/N-ethyl adjacent to an activating group) is 1. The monoisotopic (exact) mass is 306 g/mol. The second-order valence-electron chi connectivity index (χ2n) is 5.52. The van der Waals surface area contributed by atoms with Gasteiger partial charge in [0, 0.05) is 24.0 Å². The number of nitrogens with zero attached hydrogens (tertiary/aromatic N) is 3. The summed E-state index contributed by atoms with van der Waals surface area (Å²) < 4.78 is 0. The summed E-state index contributed by atoms with van der Waals surface area (Å²) in [5.74, 6) is -0.110. The van der Waals surface area contributed by atoms with Gasteiger partial charge >= 0.3 is 0 Å². The number of carbonyl (C=O) groups is 1. The van der Waals surface area contributed by atoms with E-state index < -0.39 is 6.04 Å². The fourth-order valence-corrected chi connectivity index (χ4v) is 2.63. The van der Waals surface area contributed by atoms with Crippen molar-refractivity contribution in [3.63, 3.8) is 0 Å². The third kappa shape index (κ3) is 3.19. The number of pyridine rings is 2. The minimum Gasteiger partial charge on any atom is -0.323 e. The zero-order valence-corrected chi connectivity index (χ0v) is 13.1. The molecule has 0 saturated heterocycles. The standard InChI is InChI=1S/C18H18N4O/c1-22(2)17(14-8-4-10-19-12-14)18(23)21-15-9-3-6-13-7-5-11-20-16(13)15/h3-12,17H,1-2H3,(H,21,23). The molecular formula is C18H18N4O. The second kappa shape index (κ2) is 6.54. The van der Waals surface area contributed by atoms with Crippen LogP contribution in [0.3, 0.4) is 0 Å². The SMILES string of the molecule is CN(C)C(C(=O)Nc1cccc2cccnc12)c1cccnc1. The molecule has 1 unspecified atom stereocenters. The van der Waals surface area contributed by atoms with Crippen molar-refractivity contribution in [1.82, 2.24) is 14.9 Å². The minimum atomic E-state index is -0.414. The van der Waals surface area contributed by atoms with E-state index in [-0.39, 0.29) is 5.91 Å². The molecule has 116 valence electrons. The number of para-hydroxylation sites is 1. The Bertz CT molecular complexity index is 812. The van der Waals surface area contributed by atoms with E-state index in [1.807, 2.05) is 61.5 Å². The molecule has 0 aliphatic carbocycles. The molecular weight excluding hydrogens is 288 g/mol. The summed E-state index contributed by atoms with van der Waals surface area (Å²) >= 11 is 0. The topological polar surface area (TPSA) is 58.1 Å². The largest absolute Gasteiger partial charge is 0.323 e. The second-order valence-corrected chi connectivity index (χ2v) is 5.52. The van der Waals surface area contributed by atoms with Gasteiger partial charge in [-0.3, -0.25) is 19.7 Å². The first-order valence-corrected chi connectivity index (χ1v) is 7.38. The van der Waals surface area contributed by atoms with Crippen molar-refractivity contribution in [3.8, 4) is 0 Å². The van der Waals surface area contributed by atoms with Gasteiger partial charge in [0.25, 0.3) is 0 Å². The highest BCUT2D eigenvalue weighted by atomic mass is 16.2. The average molecular weight is 306 g/mol. The van der Waals surface area contributed by atoms with Crippen LogP contribution >= 0.6 is 0 Å². The van der Waals surface area contributed by atoms with Gasteiger partial charge in [0.2, 0.25) is 5.91 Å². The third-order valence-electron chi connectivity index (χ3n) is 3.66. The first-order chi connectivity index (χ1) is 11.2. The van der Waals surface area contributed by atoms with Crippen molar-refractivity contribution < 1.29 is 4.79 Å². The molecule has 0 aliphatic rings. The number of nitrogens with one attached hydrogen (secondary N) is 1. The van der Waals surface area contributed by atoms with E-state index in [0.29, 0.717) is 5.69 Å². The van der Waals surface area contributed by atoms with Crippen LogP contribution in [0.2, 0.25) is 0 Å². The van der Waals surface area contributed by atoms with Crippen LogP contribution in [-0.2, 0) is 4.79 Å². The molecule has 0 fully saturated rings. The lowest BCUT2D eigenvalue weighted by molar-refractivity contribution is -0.120. The number of carbonyl (C=O) groups excluding carboxylic acids is 1. The number of amides is 1. The van der Waals surface area contributed by atoms with Gasteiger partial charge in [-0.15, -0.1) is 0 Å². The van der Waals surface area contributed by atoms with Crippen LogP contribution in [0.15, 0.2) is 61.1 Å². The first kappa shape index (κ1) is 15.1. The molecule has 1 N–H and O–H groups in total. The van der Waals surface area contributed by atoms with Gasteiger partial charge in [0.15, 0.2) is 0 Å². The fourth-order valence-electron chi connectivity index (χ4n) is 2.63. The summed E-state index contributed by atoms with van der Waals surface area (Å²) in [6, 6.07) is 12.9. The minimum absolute atomic E-state index is 0.110. The van der Waals surface area contributed by atoms with Crippen molar-refractivity contribution in [3.05, 3.63) is 66.6 Å². The molecule has 1 aromatic carbocycles. The maximum absolute atomic E-state index is 12.8. The van der Waals surface area contributed by atoms with Gasteiger partial charge in [-0.05, 0) is 37.9 Å². The van der Waals surface area contributed by atoms with Crippen LogP contribution in [0.5, 0.6) is 0 Å². The molecule has 3 aromatic rings. The van der Waals surface area contributed by atoms with Gasteiger partial charge in [-0.25, -0.2) is 0 Å². The number of fused-ring (bicyclic) bond motifs is 1. The summed E-state index contributed by atoms with van der Waals surface area (Å²) in [7, 11) is 3.75. The summed E-state index contributed by atoms with van der Waals surface area (Å²) in [5.41, 5.74) is 2.35. The van der Waals surface area contributed by atoms with Crippen LogP contribution in [0, 0.1) is 0 Å². The summed E-state index contributed by atoms with van der Waals surface area (Å²) in [6.45, 7) is 0. The van der Waals surface area contributed by atoms with Crippen LogP contribution in [-0.4, -0.2) is 34.9 Å². The van der Waals surface area contributed by atoms with E-state index >= 15 is 0 Å². The molecule has 1 amide bonds. The summed E-state index contributed by atoms with van der Waals surface area (Å²) in [5, 5.41) is 3.99. The van der Waals surface area contributed by atoms with E-state index in [2.05, 4.69) is 15.3 Å². The highest BCUT2D eigenvalue weighted by molar-refractivity contribution is 6.02. The molecule has 0 aliphatic heterocycles. The lowest BCUT2D eigenvalue weighted by Crippen LogP contribution is -2.32. The molecule has 2 aromatic heterocycles. The van der Waals surface area contributed by atoms with Crippen molar-refractivity contribution in [2.24, 2.45) is 0 Å². The molecule has 0 radical (unpaired) electrons. The van der Waals surface area contributed by atoms with Gasteiger partial charge < -0.3 is 5.32 Å². The number of anilines is 1. The normalized spacial score (nSPS) is 12.3. The zero-order chi connectivity index (χ0) is 16.2. The Hall–Kier alpha value is -2.79. The van der Waals surface area contributed by atoms with E-state index in [1.54, 1.807) is 18.6 Å². The molecule has 0 saturated carbocycles. The van der Waals surface area contributed by atoms with Gasteiger partial charge in [0.05, 0.1) is 11.2 Å². The molecule has 5 heteroatoms. The number of hydrogen-bond acceptors (Lipinski definition) is 4. The Morgan fingerprint density at radius 2 is 1.87 bits per heavy atom. The van der Waals surface area contributed by atoms with E-state index in [4.69, 9.17) is 0 Å². The molecule has 0 bridgehead atoms. The Balaban J connectivity index is 1.93. The predicted octanol–water partition coefficient (Wildman–Crippen LogP) is 2.87. The van der Waals surface area contributed by atoms with Crippen molar-refractivity contribution in [2.45, 2.75) is 6.04 Å². The smallest absolute Gasteiger partial charge is 0.246 e. The van der Waals surface area contributed by atoms with Crippen molar-refractivity contribution >= 4 is 22.5 Å². The van der Waals surface area contributed by atoms with Crippen molar-refractivity contribution in [2.75, 3.05) is 19.4 Å².